The maximum Gasteiger partial charge on any atom is 0.115 e. The molecule has 0 saturated heterocycles. The molecule has 2 aromatic rings. The number of nitrogens with two attached hydrogens (primary N) is 1. The first-order chi connectivity index (χ1) is 7.18. The Morgan fingerprint density at radius 2 is 1.87 bits per heavy atom. The van der Waals surface area contributed by atoms with Crippen molar-refractivity contribution in [2.75, 3.05) is 5.73 Å². The summed E-state index contributed by atoms with van der Waals surface area (Å²) in [4.78, 5) is 0.765. The topological polar surface area (TPSA) is 46.2 Å². The highest BCUT2D eigenvalue weighted by Crippen LogP contribution is 2.32. The fraction of sp³-hybridized carbons (Fsp3) is 0.0909. The van der Waals surface area contributed by atoms with Crippen molar-refractivity contribution >= 4 is 28.6 Å². The average molecular weight is 240 g/mol. The van der Waals surface area contributed by atoms with Gasteiger partial charge in [0.05, 0.1) is 9.90 Å². The van der Waals surface area contributed by atoms with Gasteiger partial charge in [-0.15, -0.1) is 11.3 Å². The molecule has 0 aliphatic rings. The highest BCUT2D eigenvalue weighted by Gasteiger charge is 2.14. The Kier molecular flexibility index (Phi) is 2.95. The van der Waals surface area contributed by atoms with E-state index in [1.807, 2.05) is 5.38 Å². The van der Waals surface area contributed by atoms with Gasteiger partial charge in [-0.2, -0.15) is 0 Å². The molecule has 0 fully saturated rings. The van der Waals surface area contributed by atoms with Crippen LogP contribution in [0.15, 0.2) is 35.7 Å². The molecule has 0 amide bonds. The van der Waals surface area contributed by atoms with Crippen molar-refractivity contribution < 1.29 is 5.11 Å². The fourth-order valence-electron chi connectivity index (χ4n) is 1.33. The molecule has 4 heteroatoms. The lowest BCUT2D eigenvalue weighted by Gasteiger charge is -2.09. The Morgan fingerprint density at radius 3 is 2.40 bits per heavy atom. The first-order valence-electron chi connectivity index (χ1n) is 4.45. The molecule has 2 rings (SSSR count). The molecule has 2 nitrogen and oxygen atoms in total. The number of halogens is 1. The molecule has 1 unspecified atom stereocenters. The molecule has 0 radical (unpaired) electrons. The van der Waals surface area contributed by atoms with Crippen molar-refractivity contribution in [2.24, 2.45) is 0 Å². The molecule has 15 heavy (non-hydrogen) atoms. The third kappa shape index (κ3) is 2.15. The standard InChI is InChI=1S/C11H10ClNOS/c12-9-5-6-15-11(9)10(14)7-1-3-8(13)4-2-7/h1-6,10,14H,13H2. The molecule has 0 bridgehead atoms. The number of nitrogen functional groups attached to an aromatic ring is 1. The summed E-state index contributed by atoms with van der Waals surface area (Å²) in [5, 5.41) is 12.5. The predicted molar refractivity (Wildman–Crippen MR) is 64.2 cm³/mol. The zero-order valence-corrected chi connectivity index (χ0v) is 9.42. The second-order valence-electron chi connectivity index (χ2n) is 3.20. The van der Waals surface area contributed by atoms with Crippen molar-refractivity contribution in [1.29, 1.82) is 0 Å². The van der Waals surface area contributed by atoms with Crippen LogP contribution < -0.4 is 5.73 Å². The third-order valence-corrected chi connectivity index (χ3v) is 3.56. The average Bonchev–Trinajstić information content (AvgIpc) is 2.65. The summed E-state index contributed by atoms with van der Waals surface area (Å²) >= 11 is 7.39. The molecular weight excluding hydrogens is 230 g/mol. The van der Waals surface area contributed by atoms with Gasteiger partial charge in [0.15, 0.2) is 0 Å². The van der Waals surface area contributed by atoms with Gasteiger partial charge in [0.2, 0.25) is 0 Å². The summed E-state index contributed by atoms with van der Waals surface area (Å²) < 4.78 is 0. The van der Waals surface area contributed by atoms with Crippen LogP contribution >= 0.6 is 22.9 Å². The van der Waals surface area contributed by atoms with Gasteiger partial charge in [-0.25, -0.2) is 0 Å². The maximum atomic E-state index is 10.0. The van der Waals surface area contributed by atoms with Crippen LogP contribution in [0.1, 0.15) is 16.5 Å². The summed E-state index contributed by atoms with van der Waals surface area (Å²) in [5.41, 5.74) is 7.05. The Hall–Kier alpha value is -1.03. The molecule has 3 N–H and O–H groups in total. The Morgan fingerprint density at radius 1 is 1.20 bits per heavy atom. The molecule has 0 aliphatic carbocycles. The van der Waals surface area contributed by atoms with Crippen molar-refractivity contribution in [1.82, 2.24) is 0 Å². The van der Waals surface area contributed by atoms with Gasteiger partial charge < -0.3 is 10.8 Å². The van der Waals surface area contributed by atoms with Crippen LogP contribution in [0.4, 0.5) is 5.69 Å². The highest BCUT2D eigenvalue weighted by atomic mass is 35.5. The van der Waals surface area contributed by atoms with Crippen LogP contribution in [0, 0.1) is 0 Å². The number of rotatable bonds is 2. The van der Waals surface area contributed by atoms with Crippen molar-refractivity contribution in [3.05, 3.63) is 51.2 Å². The summed E-state index contributed by atoms with van der Waals surface area (Å²) in [5.74, 6) is 0. The summed E-state index contributed by atoms with van der Waals surface area (Å²) in [6.45, 7) is 0. The fourth-order valence-corrected chi connectivity index (χ4v) is 2.50. The lowest BCUT2D eigenvalue weighted by Crippen LogP contribution is -1.97. The van der Waals surface area contributed by atoms with E-state index in [2.05, 4.69) is 0 Å². The minimum atomic E-state index is -0.668. The smallest absolute Gasteiger partial charge is 0.115 e. The SMILES string of the molecule is Nc1ccc(C(O)c2sccc2Cl)cc1. The van der Waals surface area contributed by atoms with Crippen LogP contribution in [0.2, 0.25) is 5.02 Å². The van der Waals surface area contributed by atoms with Gasteiger partial charge in [0, 0.05) is 5.69 Å². The third-order valence-electron chi connectivity index (χ3n) is 2.15. The van der Waals surface area contributed by atoms with Crippen LogP contribution in [0.3, 0.4) is 0 Å². The zero-order valence-electron chi connectivity index (χ0n) is 7.85. The molecule has 1 heterocycles. The molecular formula is C11H10ClNOS. The molecule has 1 aromatic heterocycles. The molecule has 1 atom stereocenters. The number of aliphatic hydroxyl groups excluding tert-OH is 1. The summed E-state index contributed by atoms with van der Waals surface area (Å²) in [7, 11) is 0. The number of anilines is 1. The van der Waals surface area contributed by atoms with E-state index in [-0.39, 0.29) is 0 Å². The number of hydrogen-bond donors (Lipinski definition) is 2. The normalized spacial score (nSPS) is 12.7. The van der Waals surface area contributed by atoms with Gasteiger partial charge in [-0.1, -0.05) is 23.7 Å². The molecule has 0 spiro atoms. The van der Waals surface area contributed by atoms with Gasteiger partial charge in [-0.3, -0.25) is 0 Å². The van der Waals surface area contributed by atoms with Crippen molar-refractivity contribution in [3.63, 3.8) is 0 Å². The minimum Gasteiger partial charge on any atom is -0.399 e. The Labute approximate surface area is 96.9 Å². The molecule has 0 saturated carbocycles. The largest absolute Gasteiger partial charge is 0.399 e. The van der Waals surface area contributed by atoms with Gasteiger partial charge in [0.1, 0.15) is 6.10 Å². The van der Waals surface area contributed by atoms with Crippen molar-refractivity contribution in [2.45, 2.75) is 6.10 Å². The van der Waals surface area contributed by atoms with E-state index in [9.17, 15) is 5.11 Å². The van der Waals surface area contributed by atoms with E-state index >= 15 is 0 Å². The van der Waals surface area contributed by atoms with Crippen LogP contribution in [-0.2, 0) is 0 Å². The number of aliphatic hydroxyl groups is 1. The lowest BCUT2D eigenvalue weighted by atomic mass is 10.1. The van der Waals surface area contributed by atoms with E-state index in [0.29, 0.717) is 10.7 Å². The Bertz CT molecular complexity index is 452. The van der Waals surface area contributed by atoms with E-state index in [0.717, 1.165) is 10.4 Å². The predicted octanol–water partition coefficient (Wildman–Crippen LogP) is 3.07. The van der Waals surface area contributed by atoms with E-state index < -0.39 is 6.10 Å². The second kappa shape index (κ2) is 4.23. The highest BCUT2D eigenvalue weighted by molar-refractivity contribution is 7.10. The quantitative estimate of drug-likeness (QED) is 0.792. The summed E-state index contributed by atoms with van der Waals surface area (Å²) in [6, 6.07) is 8.91. The maximum absolute atomic E-state index is 10.0. The monoisotopic (exact) mass is 239 g/mol. The lowest BCUT2D eigenvalue weighted by molar-refractivity contribution is 0.224. The van der Waals surface area contributed by atoms with Crippen LogP contribution in [0.5, 0.6) is 0 Å². The second-order valence-corrected chi connectivity index (χ2v) is 4.56. The number of hydrogen-bond acceptors (Lipinski definition) is 3. The van der Waals surface area contributed by atoms with Gasteiger partial charge in [0.25, 0.3) is 0 Å². The first kappa shape index (κ1) is 10.5. The summed E-state index contributed by atoms with van der Waals surface area (Å²) in [6.07, 6.45) is -0.668. The molecule has 78 valence electrons. The van der Waals surface area contributed by atoms with Gasteiger partial charge >= 0.3 is 0 Å². The van der Waals surface area contributed by atoms with Gasteiger partial charge in [-0.05, 0) is 29.1 Å². The number of thiophene rings is 1. The molecule has 1 aromatic carbocycles. The zero-order chi connectivity index (χ0) is 10.8. The van der Waals surface area contributed by atoms with E-state index in [1.165, 1.54) is 11.3 Å². The van der Waals surface area contributed by atoms with Crippen LogP contribution in [0.25, 0.3) is 0 Å². The van der Waals surface area contributed by atoms with E-state index in [4.69, 9.17) is 17.3 Å². The van der Waals surface area contributed by atoms with Crippen molar-refractivity contribution in [3.8, 4) is 0 Å². The first-order valence-corrected chi connectivity index (χ1v) is 5.70. The van der Waals surface area contributed by atoms with Crippen LogP contribution in [-0.4, -0.2) is 5.11 Å². The van der Waals surface area contributed by atoms with E-state index in [1.54, 1.807) is 30.3 Å². The Balaban J connectivity index is 2.32. The minimum absolute atomic E-state index is 0.601. The molecule has 0 aliphatic heterocycles. The number of benzene rings is 1.